The van der Waals surface area contributed by atoms with E-state index in [1.807, 2.05) is 0 Å². The molecule has 0 saturated heterocycles. The minimum Gasteiger partial charge on any atom is -0.872 e. The standard InChI is InChI=1S/C22H22Cl2N2O2/c1-15(13-21(27)17-3-7-19(23)8-4-17)25-11-12-26-16(2)14-22(28)18-5-9-20(24)10-6-18/h3-10,13-14,27-28H,11-12H2,1-2H3/p-2/b21-13-,22-14-,25-15?,26-16?. The quantitative estimate of drug-likeness (QED) is 0.389. The van der Waals surface area contributed by atoms with Crippen molar-refractivity contribution in [1.82, 2.24) is 0 Å². The maximum absolute atomic E-state index is 12.1. The summed E-state index contributed by atoms with van der Waals surface area (Å²) in [5.74, 6) is -0.251. The molecule has 0 N–H and O–H groups in total. The van der Waals surface area contributed by atoms with E-state index in [4.69, 9.17) is 23.2 Å². The molecule has 0 bridgehead atoms. The van der Waals surface area contributed by atoms with Crippen LogP contribution in [-0.4, -0.2) is 24.5 Å². The molecule has 0 aromatic heterocycles. The molecule has 0 aliphatic rings. The van der Waals surface area contributed by atoms with Crippen molar-refractivity contribution < 1.29 is 10.2 Å². The number of allylic oxidation sites excluding steroid dienone is 2. The van der Waals surface area contributed by atoms with Crippen LogP contribution in [0.25, 0.3) is 11.5 Å². The normalized spacial score (nSPS) is 13.7. The molecule has 4 nitrogen and oxygen atoms in total. The first kappa shape index (κ1) is 21.7. The van der Waals surface area contributed by atoms with Crippen LogP contribution >= 0.6 is 23.2 Å². The highest BCUT2D eigenvalue weighted by atomic mass is 35.5. The minimum atomic E-state index is -0.125. The molecule has 0 fully saturated rings. The summed E-state index contributed by atoms with van der Waals surface area (Å²) in [6.07, 6.45) is 2.96. The van der Waals surface area contributed by atoms with Crippen LogP contribution in [0.1, 0.15) is 25.0 Å². The van der Waals surface area contributed by atoms with Crippen LogP contribution in [0, 0.1) is 0 Å². The highest BCUT2D eigenvalue weighted by Crippen LogP contribution is 2.14. The second-order valence-corrected chi connectivity index (χ2v) is 6.95. The van der Waals surface area contributed by atoms with Crippen molar-refractivity contribution in [3.63, 3.8) is 0 Å². The first-order chi connectivity index (χ1) is 13.3. The van der Waals surface area contributed by atoms with Crippen LogP contribution in [-0.2, 0) is 0 Å². The smallest absolute Gasteiger partial charge is 0.0588 e. The third-order valence-electron chi connectivity index (χ3n) is 3.76. The average Bonchev–Trinajstić information content (AvgIpc) is 2.66. The zero-order valence-corrected chi connectivity index (χ0v) is 17.2. The van der Waals surface area contributed by atoms with Gasteiger partial charge in [-0.2, -0.15) is 0 Å². The number of rotatable bonds is 7. The molecular weight excluding hydrogens is 395 g/mol. The summed E-state index contributed by atoms with van der Waals surface area (Å²) in [5, 5.41) is 25.4. The first-order valence-electron chi connectivity index (χ1n) is 8.66. The molecule has 2 rings (SSSR count). The molecule has 2 aromatic carbocycles. The number of benzene rings is 2. The van der Waals surface area contributed by atoms with Crippen LogP contribution < -0.4 is 10.2 Å². The van der Waals surface area contributed by atoms with Gasteiger partial charge in [0.2, 0.25) is 0 Å². The summed E-state index contributed by atoms with van der Waals surface area (Å²) in [7, 11) is 0. The lowest BCUT2D eigenvalue weighted by Crippen LogP contribution is -2.06. The van der Waals surface area contributed by atoms with E-state index in [2.05, 4.69) is 9.98 Å². The SMILES string of the molecule is CC(/C=C(\[O-])c1ccc(Cl)cc1)=NCCN=C(C)/C=C(\[O-])c1ccc(Cl)cc1. The molecule has 0 aliphatic heterocycles. The molecular formula is C22H20Cl2N2O2-2. The van der Waals surface area contributed by atoms with Gasteiger partial charge >= 0.3 is 0 Å². The van der Waals surface area contributed by atoms with E-state index in [0.29, 0.717) is 45.7 Å². The van der Waals surface area contributed by atoms with Gasteiger partial charge in [0.05, 0.1) is 13.1 Å². The summed E-state index contributed by atoms with van der Waals surface area (Å²) in [4.78, 5) is 8.64. The number of hydrogen-bond donors (Lipinski definition) is 0. The van der Waals surface area contributed by atoms with Crippen molar-refractivity contribution in [2.45, 2.75) is 13.8 Å². The molecule has 0 amide bonds. The Balaban J connectivity index is 1.91. The second-order valence-electron chi connectivity index (χ2n) is 6.08. The molecule has 0 unspecified atom stereocenters. The molecule has 0 spiro atoms. The number of nitrogens with zero attached hydrogens (tertiary/aromatic N) is 2. The Bertz CT molecular complexity index is 835. The van der Waals surface area contributed by atoms with Gasteiger partial charge in [0.1, 0.15) is 0 Å². The van der Waals surface area contributed by atoms with Crippen LogP contribution in [0.4, 0.5) is 0 Å². The Kier molecular flexibility index (Phi) is 8.30. The highest BCUT2D eigenvalue weighted by molar-refractivity contribution is 6.30. The summed E-state index contributed by atoms with van der Waals surface area (Å²) in [6, 6.07) is 13.4. The lowest BCUT2D eigenvalue weighted by atomic mass is 10.1. The molecule has 0 radical (unpaired) electrons. The predicted octanol–water partition coefficient (Wildman–Crippen LogP) is 4.02. The number of hydrogen-bond acceptors (Lipinski definition) is 4. The van der Waals surface area contributed by atoms with E-state index in [0.717, 1.165) is 0 Å². The zero-order chi connectivity index (χ0) is 20.5. The summed E-state index contributed by atoms with van der Waals surface area (Å²) in [6.45, 7) is 4.38. The topological polar surface area (TPSA) is 70.8 Å². The minimum absolute atomic E-state index is 0.125. The third-order valence-corrected chi connectivity index (χ3v) is 4.26. The van der Waals surface area contributed by atoms with Gasteiger partial charge in [-0.05, 0) is 61.4 Å². The monoisotopic (exact) mass is 414 g/mol. The molecule has 0 heterocycles. The zero-order valence-electron chi connectivity index (χ0n) is 15.7. The van der Waals surface area contributed by atoms with Crippen LogP contribution in [0.15, 0.2) is 70.7 Å². The van der Waals surface area contributed by atoms with Gasteiger partial charge in [0.25, 0.3) is 0 Å². The van der Waals surface area contributed by atoms with Crippen molar-refractivity contribution in [3.8, 4) is 0 Å². The highest BCUT2D eigenvalue weighted by Gasteiger charge is 1.94. The number of halogens is 2. The third kappa shape index (κ3) is 7.22. The maximum atomic E-state index is 12.1. The van der Waals surface area contributed by atoms with Gasteiger partial charge in [0, 0.05) is 21.5 Å². The first-order valence-corrected chi connectivity index (χ1v) is 9.42. The van der Waals surface area contributed by atoms with Crippen molar-refractivity contribution in [3.05, 3.63) is 81.9 Å². The lowest BCUT2D eigenvalue weighted by molar-refractivity contribution is -0.244. The van der Waals surface area contributed by atoms with E-state index in [9.17, 15) is 10.2 Å². The van der Waals surface area contributed by atoms with Gasteiger partial charge in [-0.1, -0.05) is 59.0 Å². The van der Waals surface area contributed by atoms with E-state index >= 15 is 0 Å². The van der Waals surface area contributed by atoms with E-state index in [-0.39, 0.29) is 11.5 Å². The van der Waals surface area contributed by atoms with Gasteiger partial charge in [-0.15, -0.1) is 0 Å². The van der Waals surface area contributed by atoms with E-state index in [1.54, 1.807) is 62.4 Å². The van der Waals surface area contributed by atoms with E-state index < -0.39 is 0 Å². The van der Waals surface area contributed by atoms with Gasteiger partial charge in [-0.3, -0.25) is 9.98 Å². The molecule has 146 valence electrons. The maximum Gasteiger partial charge on any atom is 0.0588 e. The fourth-order valence-corrected chi connectivity index (χ4v) is 2.57. The van der Waals surface area contributed by atoms with E-state index in [1.165, 1.54) is 12.2 Å². The molecule has 28 heavy (non-hydrogen) atoms. The van der Waals surface area contributed by atoms with Crippen molar-refractivity contribution in [2.24, 2.45) is 9.98 Å². The van der Waals surface area contributed by atoms with Crippen LogP contribution in [0.3, 0.4) is 0 Å². The van der Waals surface area contributed by atoms with Gasteiger partial charge < -0.3 is 10.2 Å². The molecule has 0 saturated carbocycles. The Morgan fingerprint density at radius 1 is 0.714 bits per heavy atom. The molecule has 2 aromatic rings. The Morgan fingerprint density at radius 3 is 1.36 bits per heavy atom. The fraction of sp³-hybridized carbons (Fsp3) is 0.182. The molecule has 0 atom stereocenters. The summed E-state index contributed by atoms with van der Waals surface area (Å²) in [5.41, 5.74) is 2.36. The molecule has 0 aliphatic carbocycles. The Hall–Kier alpha value is -2.56. The lowest BCUT2D eigenvalue weighted by Gasteiger charge is -2.12. The summed E-state index contributed by atoms with van der Waals surface area (Å²) >= 11 is 11.6. The Morgan fingerprint density at radius 2 is 1.04 bits per heavy atom. The average molecular weight is 415 g/mol. The molecule has 6 heteroatoms. The largest absolute Gasteiger partial charge is 0.872 e. The summed E-state index contributed by atoms with van der Waals surface area (Å²) < 4.78 is 0. The van der Waals surface area contributed by atoms with Crippen LogP contribution in [0.5, 0.6) is 0 Å². The van der Waals surface area contributed by atoms with Crippen molar-refractivity contribution in [1.29, 1.82) is 0 Å². The fourth-order valence-electron chi connectivity index (χ4n) is 2.32. The Labute approximate surface area is 175 Å². The predicted molar refractivity (Wildman–Crippen MR) is 115 cm³/mol. The second kappa shape index (κ2) is 10.7. The van der Waals surface area contributed by atoms with Crippen LogP contribution in [0.2, 0.25) is 10.0 Å². The van der Waals surface area contributed by atoms with Crippen molar-refractivity contribution in [2.75, 3.05) is 13.1 Å². The number of aliphatic imine (C=N–C) groups is 2. The van der Waals surface area contributed by atoms with Crippen molar-refractivity contribution >= 4 is 46.1 Å². The van der Waals surface area contributed by atoms with Gasteiger partial charge in [0.15, 0.2) is 0 Å². The van der Waals surface area contributed by atoms with Gasteiger partial charge in [-0.25, -0.2) is 0 Å².